The molecular formula is C12H9F3N2OS. The summed E-state index contributed by atoms with van der Waals surface area (Å²) in [5.74, 6) is -4.34. The summed E-state index contributed by atoms with van der Waals surface area (Å²) in [6.45, 7) is 0. The maximum atomic E-state index is 13.5. The van der Waals surface area contributed by atoms with E-state index < -0.39 is 17.5 Å². The van der Waals surface area contributed by atoms with Crippen molar-refractivity contribution in [2.45, 2.75) is 19.3 Å². The van der Waals surface area contributed by atoms with E-state index in [1.807, 2.05) is 0 Å². The number of benzene rings is 1. The van der Waals surface area contributed by atoms with Gasteiger partial charge in [0.05, 0.1) is 4.70 Å². The van der Waals surface area contributed by atoms with E-state index in [1.165, 1.54) is 0 Å². The molecule has 1 aliphatic rings. The van der Waals surface area contributed by atoms with Crippen molar-refractivity contribution >= 4 is 32.6 Å². The quantitative estimate of drug-likeness (QED) is 0.859. The van der Waals surface area contributed by atoms with E-state index in [1.54, 1.807) is 0 Å². The van der Waals surface area contributed by atoms with Gasteiger partial charge in [-0.15, -0.1) is 0 Å². The van der Waals surface area contributed by atoms with Crippen LogP contribution < -0.4 is 5.32 Å². The van der Waals surface area contributed by atoms with Gasteiger partial charge in [-0.1, -0.05) is 17.8 Å². The van der Waals surface area contributed by atoms with Crippen molar-refractivity contribution in [1.82, 2.24) is 4.98 Å². The number of anilines is 1. The molecule has 1 aliphatic carbocycles. The number of hydrogen-bond acceptors (Lipinski definition) is 3. The van der Waals surface area contributed by atoms with Crippen molar-refractivity contribution in [2.24, 2.45) is 5.92 Å². The van der Waals surface area contributed by atoms with Crippen molar-refractivity contribution < 1.29 is 18.0 Å². The predicted molar refractivity (Wildman–Crippen MR) is 65.5 cm³/mol. The fourth-order valence-corrected chi connectivity index (χ4v) is 2.80. The smallest absolute Gasteiger partial charge is 0.229 e. The van der Waals surface area contributed by atoms with Gasteiger partial charge in [0, 0.05) is 5.92 Å². The van der Waals surface area contributed by atoms with Gasteiger partial charge in [0.2, 0.25) is 5.91 Å². The van der Waals surface area contributed by atoms with Gasteiger partial charge in [0.15, 0.2) is 22.6 Å². The van der Waals surface area contributed by atoms with Crippen LogP contribution in [0.5, 0.6) is 0 Å². The second-order valence-corrected chi connectivity index (χ2v) is 5.50. The lowest BCUT2D eigenvalue weighted by atomic mass is 9.85. The Kier molecular flexibility index (Phi) is 2.93. The van der Waals surface area contributed by atoms with Gasteiger partial charge >= 0.3 is 0 Å². The van der Waals surface area contributed by atoms with Crippen LogP contribution in [0.1, 0.15) is 19.3 Å². The minimum absolute atomic E-state index is 0.0367. The minimum atomic E-state index is -1.55. The Morgan fingerprint density at radius 3 is 2.68 bits per heavy atom. The number of carbonyl (C=O) groups is 1. The van der Waals surface area contributed by atoms with Crippen LogP contribution in [0.25, 0.3) is 10.2 Å². The Hall–Kier alpha value is -1.63. The lowest BCUT2D eigenvalue weighted by Gasteiger charge is -2.23. The third kappa shape index (κ3) is 2.07. The summed E-state index contributed by atoms with van der Waals surface area (Å²) < 4.78 is 39.7. The molecule has 0 radical (unpaired) electrons. The Balaban J connectivity index is 1.93. The standard InChI is InChI=1S/C12H9F3N2OS/c13-6-4-7-10(9(15)8(6)14)16-12(19-7)17-11(18)5-2-1-3-5/h4-5H,1-3H2,(H,16,17,18). The lowest BCUT2D eigenvalue weighted by Crippen LogP contribution is -2.27. The monoisotopic (exact) mass is 286 g/mol. The Bertz CT molecular complexity index is 667. The topological polar surface area (TPSA) is 42.0 Å². The number of rotatable bonds is 2. The molecular weight excluding hydrogens is 277 g/mol. The van der Waals surface area contributed by atoms with Gasteiger partial charge in [-0.3, -0.25) is 4.79 Å². The molecule has 1 fully saturated rings. The van der Waals surface area contributed by atoms with E-state index in [0.29, 0.717) is 0 Å². The molecule has 0 unspecified atom stereocenters. The molecule has 0 saturated heterocycles. The second-order valence-electron chi connectivity index (χ2n) is 4.47. The highest BCUT2D eigenvalue weighted by molar-refractivity contribution is 7.22. The van der Waals surface area contributed by atoms with Crippen LogP contribution in [0.3, 0.4) is 0 Å². The van der Waals surface area contributed by atoms with Crippen molar-refractivity contribution in [3.05, 3.63) is 23.5 Å². The predicted octanol–water partition coefficient (Wildman–Crippen LogP) is 3.45. The van der Waals surface area contributed by atoms with E-state index in [-0.39, 0.29) is 27.2 Å². The van der Waals surface area contributed by atoms with Crippen LogP contribution in [0, 0.1) is 23.4 Å². The van der Waals surface area contributed by atoms with Crippen molar-refractivity contribution in [3.63, 3.8) is 0 Å². The number of halogens is 3. The number of fused-ring (bicyclic) bond motifs is 1. The molecule has 1 amide bonds. The molecule has 2 aromatic rings. The van der Waals surface area contributed by atoms with Gasteiger partial charge in [-0.05, 0) is 18.9 Å². The average molecular weight is 286 g/mol. The van der Waals surface area contributed by atoms with Gasteiger partial charge in [-0.25, -0.2) is 18.2 Å². The molecule has 7 heteroatoms. The van der Waals surface area contributed by atoms with E-state index in [2.05, 4.69) is 10.3 Å². The minimum Gasteiger partial charge on any atom is -0.302 e. The number of aromatic nitrogens is 1. The summed E-state index contributed by atoms with van der Waals surface area (Å²) in [5, 5.41) is 2.72. The average Bonchev–Trinajstić information content (AvgIpc) is 2.66. The molecule has 1 heterocycles. The van der Waals surface area contributed by atoms with E-state index in [0.717, 1.165) is 36.7 Å². The fourth-order valence-electron chi connectivity index (χ4n) is 1.91. The summed E-state index contributed by atoms with van der Waals surface area (Å²) in [6.07, 6.45) is 2.67. The highest BCUT2D eigenvalue weighted by atomic mass is 32.1. The molecule has 1 aromatic heterocycles. The summed E-state index contributed by atoms with van der Waals surface area (Å²) in [7, 11) is 0. The van der Waals surface area contributed by atoms with E-state index in [4.69, 9.17) is 0 Å². The number of amides is 1. The third-order valence-corrected chi connectivity index (χ3v) is 4.15. The number of thiazole rings is 1. The first-order valence-electron chi connectivity index (χ1n) is 5.81. The molecule has 1 N–H and O–H groups in total. The molecule has 0 bridgehead atoms. The first-order valence-corrected chi connectivity index (χ1v) is 6.63. The number of carbonyl (C=O) groups excluding carboxylic acids is 1. The maximum absolute atomic E-state index is 13.5. The van der Waals surface area contributed by atoms with Crippen LogP contribution in [-0.4, -0.2) is 10.9 Å². The molecule has 19 heavy (non-hydrogen) atoms. The van der Waals surface area contributed by atoms with Crippen molar-refractivity contribution in [2.75, 3.05) is 5.32 Å². The Morgan fingerprint density at radius 2 is 2.05 bits per heavy atom. The molecule has 1 saturated carbocycles. The molecule has 0 aliphatic heterocycles. The summed E-state index contributed by atoms with van der Waals surface area (Å²) in [5.41, 5.74) is -0.257. The number of nitrogens with one attached hydrogen (secondary N) is 1. The molecule has 0 spiro atoms. The second kappa shape index (κ2) is 4.48. The molecule has 1 aromatic carbocycles. The maximum Gasteiger partial charge on any atom is 0.229 e. The van der Waals surface area contributed by atoms with Gasteiger partial charge in [0.1, 0.15) is 5.52 Å². The zero-order valence-corrected chi connectivity index (χ0v) is 10.5. The fraction of sp³-hybridized carbons (Fsp3) is 0.333. The first-order chi connectivity index (χ1) is 9.06. The summed E-state index contributed by atoms with van der Waals surface area (Å²) in [4.78, 5) is 15.5. The van der Waals surface area contributed by atoms with Crippen molar-refractivity contribution in [1.29, 1.82) is 0 Å². The summed E-state index contributed by atoms with van der Waals surface area (Å²) in [6, 6.07) is 0.879. The van der Waals surface area contributed by atoms with Crippen LogP contribution in [-0.2, 0) is 4.79 Å². The van der Waals surface area contributed by atoms with Gasteiger partial charge in [-0.2, -0.15) is 0 Å². The van der Waals surface area contributed by atoms with Gasteiger partial charge in [0.25, 0.3) is 0 Å². The number of hydrogen-bond donors (Lipinski definition) is 1. The van der Waals surface area contributed by atoms with E-state index in [9.17, 15) is 18.0 Å². The van der Waals surface area contributed by atoms with Gasteiger partial charge < -0.3 is 5.32 Å². The zero-order chi connectivity index (χ0) is 13.6. The molecule has 100 valence electrons. The molecule has 3 nitrogen and oxygen atoms in total. The third-order valence-electron chi connectivity index (χ3n) is 3.23. The first kappa shape index (κ1) is 12.4. The number of nitrogens with zero attached hydrogens (tertiary/aromatic N) is 1. The SMILES string of the molecule is O=C(Nc1nc2c(F)c(F)c(F)cc2s1)C1CCC1. The van der Waals surface area contributed by atoms with Crippen LogP contribution in [0.15, 0.2) is 6.07 Å². The highest BCUT2D eigenvalue weighted by Crippen LogP contribution is 2.32. The largest absolute Gasteiger partial charge is 0.302 e. The zero-order valence-electron chi connectivity index (χ0n) is 9.67. The van der Waals surface area contributed by atoms with Crippen LogP contribution in [0.4, 0.5) is 18.3 Å². The molecule has 0 atom stereocenters. The van der Waals surface area contributed by atoms with Crippen LogP contribution >= 0.6 is 11.3 Å². The summed E-state index contributed by atoms with van der Waals surface area (Å²) >= 11 is 0.925. The van der Waals surface area contributed by atoms with Crippen molar-refractivity contribution in [3.8, 4) is 0 Å². The Labute approximate surface area is 110 Å². The lowest BCUT2D eigenvalue weighted by molar-refractivity contribution is -0.122. The normalized spacial score (nSPS) is 15.5. The Morgan fingerprint density at radius 1 is 1.32 bits per heavy atom. The van der Waals surface area contributed by atoms with Crippen LogP contribution in [0.2, 0.25) is 0 Å². The molecule has 3 rings (SSSR count). The van der Waals surface area contributed by atoms with E-state index >= 15 is 0 Å². The highest BCUT2D eigenvalue weighted by Gasteiger charge is 2.26.